The molecule has 0 radical (unpaired) electrons. The Morgan fingerprint density at radius 2 is 1.63 bits per heavy atom. The number of nitrogens with zero attached hydrogens (tertiary/aromatic N) is 3. The number of benzene rings is 3. The summed E-state index contributed by atoms with van der Waals surface area (Å²) in [5.41, 5.74) is 2.37. The van der Waals surface area contributed by atoms with Crippen LogP contribution in [0.2, 0.25) is 5.02 Å². The maximum absolute atomic E-state index is 13.6. The standard InChI is InChI=1S/C47H58ClN7O7/c1-29(2)40(43(60)55-27-35(56)22-38(55)42(59)52-26-31-12-10-30(24-49)11-13-31)53-39(57)28-61-21-9-7-8-20-51-34-17-14-32(15-18-34)41(58)54-44-46(3,4)45(47(44,5)6)62-36-19-16-33(25-50)37(48)23-36/h10-19,23,29,35,38,40,44-45,51,56H,7-9,20-22,26-28H2,1-6H3,(H,52,59)(H,53,57)(H,54,58)/t35-,38+,40+,44-,45-/m1/s1. The molecule has 1 saturated carbocycles. The van der Waals surface area contributed by atoms with Gasteiger partial charge in [0.2, 0.25) is 17.7 Å². The Morgan fingerprint density at radius 3 is 2.26 bits per heavy atom. The summed E-state index contributed by atoms with van der Waals surface area (Å²) < 4.78 is 12.0. The topological polar surface area (TPSA) is 206 Å². The van der Waals surface area contributed by atoms with Crippen molar-refractivity contribution in [1.82, 2.24) is 20.9 Å². The first kappa shape index (κ1) is 47.4. The number of nitriles is 2. The number of hydrogen-bond acceptors (Lipinski definition) is 10. The quantitative estimate of drug-likeness (QED) is 0.0928. The van der Waals surface area contributed by atoms with E-state index in [9.17, 15) is 29.5 Å². The molecule has 0 spiro atoms. The average molecular weight is 868 g/mol. The molecule has 2 fully saturated rings. The lowest BCUT2D eigenvalue weighted by Crippen LogP contribution is -2.74. The fourth-order valence-electron chi connectivity index (χ4n) is 8.67. The first-order valence-electron chi connectivity index (χ1n) is 21.1. The molecule has 3 atom stereocenters. The van der Waals surface area contributed by atoms with Crippen molar-refractivity contribution in [3.05, 3.63) is 94.0 Å². The summed E-state index contributed by atoms with van der Waals surface area (Å²) in [6, 6.07) is 21.3. The van der Waals surface area contributed by atoms with Gasteiger partial charge in [0.15, 0.2) is 0 Å². The third-order valence-electron chi connectivity index (χ3n) is 11.8. The number of hydrogen-bond donors (Lipinski definition) is 5. The highest BCUT2D eigenvalue weighted by Crippen LogP contribution is 2.55. The van der Waals surface area contributed by atoms with Gasteiger partial charge < -0.3 is 40.7 Å². The zero-order valence-corrected chi connectivity index (χ0v) is 37.1. The lowest BCUT2D eigenvalue weighted by Gasteiger charge is -2.63. The molecule has 4 amide bonds. The number of ether oxygens (including phenoxy) is 2. The van der Waals surface area contributed by atoms with Crippen molar-refractivity contribution in [2.24, 2.45) is 16.7 Å². The molecule has 5 rings (SSSR count). The van der Waals surface area contributed by atoms with E-state index in [0.29, 0.717) is 40.6 Å². The molecule has 1 heterocycles. The number of aliphatic hydroxyl groups is 1. The maximum Gasteiger partial charge on any atom is 0.251 e. The highest BCUT2D eigenvalue weighted by atomic mass is 35.5. The Bertz CT molecular complexity index is 2130. The number of aliphatic hydroxyl groups excluding tert-OH is 1. The first-order valence-corrected chi connectivity index (χ1v) is 21.5. The Kier molecular flexibility index (Phi) is 16.0. The summed E-state index contributed by atoms with van der Waals surface area (Å²) >= 11 is 6.23. The van der Waals surface area contributed by atoms with Crippen LogP contribution in [0.3, 0.4) is 0 Å². The summed E-state index contributed by atoms with van der Waals surface area (Å²) in [6.45, 7) is 12.9. The summed E-state index contributed by atoms with van der Waals surface area (Å²) in [6.07, 6.45) is 1.45. The Labute approximate surface area is 369 Å². The predicted octanol–water partition coefficient (Wildman–Crippen LogP) is 5.71. The number of halogens is 1. The van der Waals surface area contributed by atoms with Gasteiger partial charge in [0.25, 0.3) is 5.91 Å². The minimum absolute atomic E-state index is 0.0172. The first-order chi connectivity index (χ1) is 29.5. The van der Waals surface area contributed by atoms with Crippen molar-refractivity contribution in [3.63, 3.8) is 0 Å². The van der Waals surface area contributed by atoms with E-state index in [0.717, 1.165) is 30.5 Å². The van der Waals surface area contributed by atoms with Crippen LogP contribution in [-0.2, 0) is 25.7 Å². The van der Waals surface area contributed by atoms with Gasteiger partial charge in [-0.25, -0.2) is 0 Å². The van der Waals surface area contributed by atoms with E-state index < -0.39 is 35.9 Å². The third-order valence-corrected chi connectivity index (χ3v) is 12.1. The molecule has 15 heteroatoms. The van der Waals surface area contributed by atoms with Gasteiger partial charge in [0.05, 0.1) is 28.3 Å². The van der Waals surface area contributed by atoms with Crippen molar-refractivity contribution in [1.29, 1.82) is 10.5 Å². The average Bonchev–Trinajstić information content (AvgIpc) is 3.65. The molecule has 14 nitrogen and oxygen atoms in total. The molecule has 3 aromatic rings. The number of nitrogens with one attached hydrogen (secondary N) is 4. The summed E-state index contributed by atoms with van der Waals surface area (Å²) in [7, 11) is 0. The normalized spacial score (nSPS) is 20.2. The molecule has 1 aliphatic carbocycles. The van der Waals surface area contributed by atoms with E-state index in [-0.39, 0.29) is 60.9 Å². The van der Waals surface area contributed by atoms with Crippen LogP contribution in [0, 0.1) is 39.4 Å². The molecule has 0 bridgehead atoms. The number of rotatable bonds is 19. The monoisotopic (exact) mass is 867 g/mol. The van der Waals surface area contributed by atoms with E-state index in [4.69, 9.17) is 26.3 Å². The number of likely N-dealkylation sites (tertiary alicyclic amines) is 1. The van der Waals surface area contributed by atoms with Gasteiger partial charge in [-0.05, 0) is 79.3 Å². The van der Waals surface area contributed by atoms with Crippen molar-refractivity contribution in [3.8, 4) is 17.9 Å². The molecule has 5 N–H and O–H groups in total. The van der Waals surface area contributed by atoms with Crippen LogP contribution in [-0.4, -0.2) is 90.3 Å². The largest absolute Gasteiger partial charge is 0.489 e. The second-order valence-electron chi connectivity index (χ2n) is 17.6. The van der Waals surface area contributed by atoms with Crippen molar-refractivity contribution in [2.45, 2.75) is 104 Å². The number of unbranched alkanes of at least 4 members (excludes halogenated alkanes) is 2. The number of carbonyl (C=O) groups excluding carboxylic acids is 4. The van der Waals surface area contributed by atoms with E-state index in [2.05, 4.69) is 61.1 Å². The predicted molar refractivity (Wildman–Crippen MR) is 235 cm³/mol. The molecule has 0 unspecified atom stereocenters. The van der Waals surface area contributed by atoms with Gasteiger partial charge in [-0.3, -0.25) is 19.2 Å². The van der Waals surface area contributed by atoms with Gasteiger partial charge in [-0.15, -0.1) is 0 Å². The van der Waals surface area contributed by atoms with Gasteiger partial charge >= 0.3 is 0 Å². The number of anilines is 1. The molecule has 62 heavy (non-hydrogen) atoms. The zero-order chi connectivity index (χ0) is 45.2. The third kappa shape index (κ3) is 11.6. The molecule has 1 saturated heterocycles. The second-order valence-corrected chi connectivity index (χ2v) is 18.0. The van der Waals surface area contributed by atoms with Crippen LogP contribution >= 0.6 is 11.6 Å². The van der Waals surface area contributed by atoms with Crippen LogP contribution in [0.4, 0.5) is 5.69 Å². The van der Waals surface area contributed by atoms with Gasteiger partial charge in [0, 0.05) is 66.9 Å². The fraction of sp³-hybridized carbons (Fsp3) is 0.489. The Balaban J connectivity index is 0.976. The Morgan fingerprint density at radius 1 is 0.935 bits per heavy atom. The van der Waals surface area contributed by atoms with Crippen molar-refractivity contribution < 1.29 is 33.8 Å². The minimum atomic E-state index is -0.905. The fourth-order valence-corrected chi connectivity index (χ4v) is 8.88. The molecule has 1 aliphatic heterocycles. The van der Waals surface area contributed by atoms with E-state index >= 15 is 0 Å². The van der Waals surface area contributed by atoms with Crippen LogP contribution in [0.15, 0.2) is 66.7 Å². The summed E-state index contributed by atoms with van der Waals surface area (Å²) in [5.74, 6) is -1.16. The van der Waals surface area contributed by atoms with Crippen molar-refractivity contribution >= 4 is 40.9 Å². The van der Waals surface area contributed by atoms with Crippen LogP contribution in [0.1, 0.15) is 94.3 Å². The highest BCUT2D eigenvalue weighted by molar-refractivity contribution is 6.31. The lowest BCUT2D eigenvalue weighted by atomic mass is 9.49. The van der Waals surface area contributed by atoms with E-state index in [1.165, 1.54) is 4.90 Å². The van der Waals surface area contributed by atoms with Gasteiger partial charge in [-0.1, -0.05) is 65.3 Å². The second kappa shape index (κ2) is 20.9. The summed E-state index contributed by atoms with van der Waals surface area (Å²) in [4.78, 5) is 54.3. The lowest BCUT2D eigenvalue weighted by molar-refractivity contribution is -0.164. The number of amides is 4. The van der Waals surface area contributed by atoms with Crippen molar-refractivity contribution in [2.75, 3.05) is 31.6 Å². The maximum atomic E-state index is 13.6. The molecule has 3 aromatic carbocycles. The van der Waals surface area contributed by atoms with Gasteiger partial charge in [-0.2, -0.15) is 10.5 Å². The van der Waals surface area contributed by atoms with Crippen LogP contribution in [0.5, 0.6) is 5.75 Å². The van der Waals surface area contributed by atoms with Crippen LogP contribution in [0.25, 0.3) is 0 Å². The SMILES string of the molecule is CC(C)[C@H](NC(=O)COCCCCCNc1ccc(C(=O)N[C@H]2C(C)(C)[C@H](Oc3ccc(C#N)c(Cl)c3)C2(C)C)cc1)C(=O)N1C[C@H](O)C[C@H]1C(=O)NCc1ccc(C#N)cc1. The van der Waals surface area contributed by atoms with Crippen LogP contribution < -0.4 is 26.0 Å². The number of carbonyl (C=O) groups is 4. The molecular weight excluding hydrogens is 810 g/mol. The minimum Gasteiger partial charge on any atom is -0.489 e. The molecule has 2 aliphatic rings. The number of β-amino-alcohol motifs (C(OH)–C–C–N with tert-alkyl or cyclic N) is 1. The van der Waals surface area contributed by atoms with E-state index in [1.807, 2.05) is 12.1 Å². The smallest absolute Gasteiger partial charge is 0.251 e. The Hall–Kier alpha value is -5.67. The zero-order valence-electron chi connectivity index (χ0n) is 36.3. The molecular formula is C47H58ClN7O7. The summed E-state index contributed by atoms with van der Waals surface area (Å²) in [5, 5.41) is 41.1. The highest BCUT2D eigenvalue weighted by Gasteiger charge is 2.64. The van der Waals surface area contributed by atoms with E-state index in [1.54, 1.807) is 68.4 Å². The molecule has 330 valence electrons. The molecule has 0 aromatic heterocycles. The van der Waals surface area contributed by atoms with Gasteiger partial charge in [0.1, 0.15) is 36.6 Å².